The molecule has 0 fully saturated rings. The molecule has 0 amide bonds. The van der Waals surface area contributed by atoms with E-state index in [1.807, 2.05) is 23.1 Å². The largest absolute Gasteiger partial charge is 0.493 e. The van der Waals surface area contributed by atoms with E-state index in [0.29, 0.717) is 49.1 Å². The molecule has 0 saturated heterocycles. The number of carbonyl (C=O) groups excluding carboxylic acids is 4. The Labute approximate surface area is 612 Å². The fourth-order valence-corrected chi connectivity index (χ4v) is 18.2. The molecule has 10 aliphatic heterocycles. The second-order valence-electron chi connectivity index (χ2n) is 29.3. The van der Waals surface area contributed by atoms with Gasteiger partial charge in [-0.05, 0) is 161 Å². The molecule has 22 heteroatoms. The van der Waals surface area contributed by atoms with Crippen molar-refractivity contribution in [3.8, 4) is 40.2 Å². The van der Waals surface area contributed by atoms with E-state index in [2.05, 4.69) is 66.2 Å². The van der Waals surface area contributed by atoms with Crippen molar-refractivity contribution in [3.05, 3.63) is 160 Å². The Bertz CT molecular complexity index is 4730. The van der Waals surface area contributed by atoms with Gasteiger partial charge in [0.25, 0.3) is 0 Å². The molecule has 0 aromatic heterocycles. The average Bonchev–Trinajstić information content (AvgIpc) is 0.719. The number of hydrogen-bond acceptors (Lipinski definition) is 18. The molecule has 0 spiro atoms. The monoisotopic (exact) mass is 1430 g/mol. The van der Waals surface area contributed by atoms with Gasteiger partial charge in [-0.1, -0.05) is 30.1 Å². The minimum Gasteiger partial charge on any atom is -0.493 e. The van der Waals surface area contributed by atoms with Gasteiger partial charge < -0.3 is 57.3 Å². The minimum absolute atomic E-state index is 0.0506. The molecule has 6 aromatic carbocycles. The molecule has 105 heavy (non-hydrogen) atoms. The third kappa shape index (κ3) is 14.2. The van der Waals surface area contributed by atoms with E-state index < -0.39 is 23.9 Å². The standard InChI is InChI=1S/C57H68N7O12.C26H29N2O/c1-69-49(65)33-63(34-50(66)70-2)39-28-38-30-45-53(44-29-37-14-11-22-61-23-12-15-42(54(37)61)56(44)76-57(45)43-16-13-24-62(32-39)55(38)43)41-20-19-40(31-48(41)74-25-10-6-5-9-21-59-60-58)73-26-27-75-47-18-8-7-17-46(47)64(35-51(67)71-3)36-52(68)72-4;1-16-21-14-17-6-2-10-27-12-4-8-19(23(17)27)25(21)29-26-20-9-5-13-28-11-3-7-18(24(20)28)15-22(16)26/h7-8,17-20,29-31,39H,5-6,9-16,21-28,32-36H2,1-4H3;14-15H,2-13H2,1H3/q2*+1. The molecular weight excluding hydrogens is 1330 g/mol. The predicted molar refractivity (Wildman–Crippen MR) is 400 cm³/mol. The molecule has 0 N–H and O–H groups in total. The van der Waals surface area contributed by atoms with Crippen LogP contribution in [0.2, 0.25) is 0 Å². The van der Waals surface area contributed by atoms with Gasteiger partial charge in [-0.3, -0.25) is 24.1 Å². The second-order valence-corrected chi connectivity index (χ2v) is 29.3. The van der Waals surface area contributed by atoms with E-state index in [-0.39, 0.29) is 45.4 Å². The molecule has 10 aliphatic rings. The summed E-state index contributed by atoms with van der Waals surface area (Å²) >= 11 is 0. The highest BCUT2D eigenvalue weighted by atomic mass is 16.5. The predicted octanol–water partition coefficient (Wildman–Crippen LogP) is 8.70. The number of unbranched alkanes of at least 4 members (excludes halogenated alkanes) is 3. The lowest BCUT2D eigenvalue weighted by molar-refractivity contribution is -0.147. The van der Waals surface area contributed by atoms with Crippen LogP contribution in [0.25, 0.3) is 21.6 Å². The Balaban J connectivity index is 0.000000250. The third-order valence-corrected chi connectivity index (χ3v) is 22.9. The van der Waals surface area contributed by atoms with Gasteiger partial charge in [0.05, 0.1) is 71.0 Å². The number of nitrogens with zero attached hydrogens (tertiary/aromatic N) is 9. The van der Waals surface area contributed by atoms with Crippen LogP contribution in [-0.4, -0.2) is 168 Å². The SMILES string of the molecule is CC1=c2cc3c4c(c2Oc2c1cc1c5c2CCCN5CCC1)CCC[N+]=4CCC3.COC(=O)CN(CC(=O)OC)c1ccccc1OCCOc1ccc(C2=c3cc4c5c(c3Oc3c2cc2c6c3CCCN6CCC2)CCC[N+]=5CC(N(CC(=O)OC)CC(=O)OC)C4)c(OCCCCCCN=[N+]=[N-])c1. The van der Waals surface area contributed by atoms with Crippen molar-refractivity contribution >= 4 is 52.1 Å². The molecule has 0 bridgehead atoms. The number of rotatable bonds is 24. The lowest BCUT2D eigenvalue weighted by Gasteiger charge is -2.39. The summed E-state index contributed by atoms with van der Waals surface area (Å²) in [6.07, 6.45) is 19.5. The van der Waals surface area contributed by atoms with Crippen LogP contribution in [0.1, 0.15) is 139 Å². The summed E-state index contributed by atoms with van der Waals surface area (Å²) in [5.74, 6) is 3.90. The lowest BCUT2D eigenvalue weighted by Crippen LogP contribution is -2.56. The topological polar surface area (TPSA) is 219 Å². The van der Waals surface area contributed by atoms with Crippen molar-refractivity contribution in [3.63, 3.8) is 0 Å². The smallest absolute Gasteiger partial charge is 0.325 e. The number of ether oxygens (including phenoxy) is 9. The Morgan fingerprint density at radius 1 is 0.533 bits per heavy atom. The van der Waals surface area contributed by atoms with E-state index in [1.165, 1.54) is 165 Å². The highest BCUT2D eigenvalue weighted by molar-refractivity contribution is 5.92. The Hall–Kier alpha value is -9.79. The van der Waals surface area contributed by atoms with E-state index in [4.69, 9.17) is 48.2 Å². The van der Waals surface area contributed by atoms with Gasteiger partial charge in [0, 0.05) is 136 Å². The van der Waals surface area contributed by atoms with Gasteiger partial charge >= 0.3 is 23.9 Å². The summed E-state index contributed by atoms with van der Waals surface area (Å²) < 4.78 is 59.0. The van der Waals surface area contributed by atoms with Crippen molar-refractivity contribution in [2.45, 2.75) is 135 Å². The zero-order chi connectivity index (χ0) is 72.2. The molecule has 0 saturated carbocycles. The molecule has 22 nitrogen and oxygen atoms in total. The molecule has 1 unspecified atom stereocenters. The maximum Gasteiger partial charge on any atom is 0.325 e. The zero-order valence-electron chi connectivity index (χ0n) is 61.5. The first-order valence-corrected chi connectivity index (χ1v) is 38.1. The number of fused-ring (bicyclic) bond motifs is 8. The summed E-state index contributed by atoms with van der Waals surface area (Å²) in [7, 11) is 5.30. The average molecular weight is 1430 g/mol. The Morgan fingerprint density at radius 3 is 1.74 bits per heavy atom. The maximum absolute atomic E-state index is 12.8. The molecule has 1 atom stereocenters. The third-order valence-electron chi connectivity index (χ3n) is 22.9. The Morgan fingerprint density at radius 2 is 1.08 bits per heavy atom. The molecule has 6 aromatic rings. The number of esters is 4. The van der Waals surface area contributed by atoms with Gasteiger partial charge in [-0.2, -0.15) is 0 Å². The van der Waals surface area contributed by atoms with Crippen LogP contribution in [-0.2, 0) is 89.5 Å². The fourth-order valence-electron chi connectivity index (χ4n) is 18.2. The number of hydrogen-bond donors (Lipinski definition) is 0. The summed E-state index contributed by atoms with van der Waals surface area (Å²) in [4.78, 5) is 61.9. The highest BCUT2D eigenvalue weighted by Crippen LogP contribution is 2.51. The Kier molecular flexibility index (Phi) is 21.3. The summed E-state index contributed by atoms with van der Waals surface area (Å²) in [6.45, 7) is 11.4. The first-order valence-electron chi connectivity index (χ1n) is 38.1. The quantitative estimate of drug-likeness (QED) is 0.0105. The first-order chi connectivity index (χ1) is 51.4. The van der Waals surface area contributed by atoms with E-state index in [1.54, 1.807) is 34.2 Å². The van der Waals surface area contributed by atoms with Crippen LogP contribution in [0.5, 0.6) is 40.2 Å². The number of benzene rings is 6. The lowest BCUT2D eigenvalue weighted by atomic mass is 9.82. The second kappa shape index (κ2) is 31.5. The van der Waals surface area contributed by atoms with Crippen molar-refractivity contribution in [2.24, 2.45) is 5.11 Å². The van der Waals surface area contributed by atoms with Crippen molar-refractivity contribution in [1.29, 1.82) is 0 Å². The fraction of sp³-hybridized carbons (Fsp3) is 0.494. The van der Waals surface area contributed by atoms with Gasteiger partial charge in [-0.25, -0.2) is 9.15 Å². The van der Waals surface area contributed by atoms with Crippen molar-refractivity contribution in [2.75, 3.05) is 148 Å². The molecule has 10 heterocycles. The first kappa shape index (κ1) is 70.9. The van der Waals surface area contributed by atoms with Crippen LogP contribution in [0.4, 0.5) is 17.1 Å². The molecule has 0 radical (unpaired) electrons. The number of carbonyl (C=O) groups is 4. The van der Waals surface area contributed by atoms with E-state index in [0.717, 1.165) is 141 Å². The molecule has 0 aliphatic carbocycles. The number of methoxy groups -OCH3 is 4. The number of azide groups is 1. The van der Waals surface area contributed by atoms with Crippen LogP contribution >= 0.6 is 0 Å². The van der Waals surface area contributed by atoms with Crippen LogP contribution < -0.4 is 68.7 Å². The minimum atomic E-state index is -0.522. The maximum atomic E-state index is 12.8. The number of para-hydroxylation sites is 2. The van der Waals surface area contributed by atoms with Crippen LogP contribution in [0.3, 0.4) is 0 Å². The number of anilines is 3. The summed E-state index contributed by atoms with van der Waals surface area (Å²) in [5.41, 5.74) is 28.8. The summed E-state index contributed by atoms with van der Waals surface area (Å²) in [6, 6.07) is 22.5. The number of aryl methyl sites for hydroxylation is 3. The zero-order valence-corrected chi connectivity index (χ0v) is 61.5. The molecule has 550 valence electrons. The van der Waals surface area contributed by atoms with Gasteiger partial charge in [-0.15, -0.1) is 0 Å². The van der Waals surface area contributed by atoms with Gasteiger partial charge in [0.15, 0.2) is 6.54 Å². The van der Waals surface area contributed by atoms with Crippen LogP contribution in [0.15, 0.2) is 71.8 Å². The molecule has 16 rings (SSSR count). The van der Waals surface area contributed by atoms with E-state index >= 15 is 0 Å². The van der Waals surface area contributed by atoms with Crippen molar-refractivity contribution in [1.82, 2.24) is 14.1 Å². The van der Waals surface area contributed by atoms with E-state index in [9.17, 15) is 19.2 Å². The summed E-state index contributed by atoms with van der Waals surface area (Å²) in [5, 5.41) is 8.72. The van der Waals surface area contributed by atoms with Gasteiger partial charge in [0.2, 0.25) is 10.7 Å². The van der Waals surface area contributed by atoms with Crippen LogP contribution in [0, 0.1) is 0 Å². The van der Waals surface area contributed by atoms with Gasteiger partial charge in [0.1, 0.15) is 86.2 Å². The van der Waals surface area contributed by atoms with Crippen molar-refractivity contribution < 1.29 is 61.8 Å². The normalized spacial score (nSPS) is 17.1. The highest BCUT2D eigenvalue weighted by Gasteiger charge is 2.41. The molecular formula is C83H97N9O13+2.